The molecule has 0 aromatic carbocycles. The maximum atomic E-state index is 9.43. The first-order chi connectivity index (χ1) is 11.1. The number of nitrogens with zero attached hydrogens (tertiary/aromatic N) is 6. The minimum Gasteiger partial charge on any atom is -0.396 e. The Hall–Kier alpha value is -1.73. The van der Waals surface area contributed by atoms with Crippen LogP contribution < -0.4 is 4.90 Å². The summed E-state index contributed by atoms with van der Waals surface area (Å²) < 4.78 is 1.74. The van der Waals surface area contributed by atoms with Gasteiger partial charge in [0.2, 0.25) is 5.65 Å². The van der Waals surface area contributed by atoms with Gasteiger partial charge < -0.3 is 10.0 Å². The SMILES string of the molecule is Cc1cc(N2CCN(CC(C)C)C(CCO)C2)c2nncn2n1. The number of piperazine rings is 1. The molecule has 3 rings (SSSR count). The van der Waals surface area contributed by atoms with E-state index in [0.717, 1.165) is 49.6 Å². The maximum absolute atomic E-state index is 9.43. The van der Waals surface area contributed by atoms with E-state index in [0.29, 0.717) is 12.0 Å². The predicted molar refractivity (Wildman–Crippen MR) is 89.6 cm³/mol. The van der Waals surface area contributed by atoms with Crippen LogP contribution in [0.15, 0.2) is 12.4 Å². The summed E-state index contributed by atoms with van der Waals surface area (Å²) in [6.07, 6.45) is 2.45. The number of hydrogen-bond acceptors (Lipinski definition) is 6. The third kappa shape index (κ3) is 3.45. The highest BCUT2D eigenvalue weighted by Crippen LogP contribution is 2.24. The zero-order valence-electron chi connectivity index (χ0n) is 14.2. The molecule has 7 nitrogen and oxygen atoms in total. The van der Waals surface area contributed by atoms with Gasteiger partial charge in [-0.1, -0.05) is 13.8 Å². The van der Waals surface area contributed by atoms with E-state index in [9.17, 15) is 5.11 Å². The molecule has 0 bridgehead atoms. The van der Waals surface area contributed by atoms with Crippen LogP contribution in [0, 0.1) is 12.8 Å². The van der Waals surface area contributed by atoms with Gasteiger partial charge in [-0.3, -0.25) is 4.90 Å². The fourth-order valence-electron chi connectivity index (χ4n) is 3.41. The van der Waals surface area contributed by atoms with Gasteiger partial charge in [0.25, 0.3) is 0 Å². The fraction of sp³-hybridized carbons (Fsp3) is 0.688. The largest absolute Gasteiger partial charge is 0.396 e. The van der Waals surface area contributed by atoms with Crippen molar-refractivity contribution in [2.45, 2.75) is 33.2 Å². The number of fused-ring (bicyclic) bond motifs is 1. The van der Waals surface area contributed by atoms with Crippen LogP contribution >= 0.6 is 0 Å². The van der Waals surface area contributed by atoms with Crippen molar-refractivity contribution in [3.05, 3.63) is 18.1 Å². The Morgan fingerprint density at radius 1 is 1.35 bits per heavy atom. The molecule has 0 amide bonds. The molecule has 3 heterocycles. The summed E-state index contributed by atoms with van der Waals surface area (Å²) >= 11 is 0. The molecule has 2 aromatic heterocycles. The van der Waals surface area contributed by atoms with E-state index in [1.165, 1.54) is 0 Å². The van der Waals surface area contributed by atoms with Gasteiger partial charge in [-0.05, 0) is 25.3 Å². The molecule has 0 radical (unpaired) electrons. The van der Waals surface area contributed by atoms with Crippen molar-refractivity contribution in [2.24, 2.45) is 5.92 Å². The topological polar surface area (TPSA) is 69.8 Å². The first-order valence-electron chi connectivity index (χ1n) is 8.36. The average molecular weight is 318 g/mol. The van der Waals surface area contributed by atoms with E-state index in [1.807, 2.05) is 6.92 Å². The van der Waals surface area contributed by atoms with E-state index in [2.05, 4.69) is 45.0 Å². The molecule has 126 valence electrons. The molecule has 1 unspecified atom stereocenters. The highest BCUT2D eigenvalue weighted by molar-refractivity contribution is 5.68. The molecule has 1 aliphatic rings. The number of rotatable bonds is 5. The van der Waals surface area contributed by atoms with Crippen molar-refractivity contribution < 1.29 is 5.11 Å². The lowest BCUT2D eigenvalue weighted by atomic mass is 10.1. The minimum atomic E-state index is 0.225. The maximum Gasteiger partial charge on any atom is 0.200 e. The molecule has 1 atom stereocenters. The van der Waals surface area contributed by atoms with E-state index in [4.69, 9.17) is 0 Å². The smallest absolute Gasteiger partial charge is 0.200 e. The lowest BCUT2D eigenvalue weighted by Crippen LogP contribution is -2.54. The van der Waals surface area contributed by atoms with Gasteiger partial charge in [0.05, 0.1) is 11.4 Å². The van der Waals surface area contributed by atoms with Gasteiger partial charge in [0.15, 0.2) is 0 Å². The number of hydrogen-bond donors (Lipinski definition) is 1. The summed E-state index contributed by atoms with van der Waals surface area (Å²) in [6.45, 7) is 10.6. The molecule has 2 aromatic rings. The van der Waals surface area contributed by atoms with Crippen LogP contribution in [0.1, 0.15) is 26.0 Å². The Bertz CT molecular complexity index is 655. The van der Waals surface area contributed by atoms with E-state index in [-0.39, 0.29) is 6.61 Å². The lowest BCUT2D eigenvalue weighted by Gasteiger charge is -2.43. The van der Waals surface area contributed by atoms with Gasteiger partial charge in [-0.25, -0.2) is 0 Å². The van der Waals surface area contributed by atoms with Crippen LogP contribution in [0.3, 0.4) is 0 Å². The second-order valence-electron chi connectivity index (χ2n) is 6.77. The number of anilines is 1. The lowest BCUT2D eigenvalue weighted by molar-refractivity contribution is 0.129. The van der Waals surface area contributed by atoms with Crippen LogP contribution in [0.25, 0.3) is 5.65 Å². The van der Waals surface area contributed by atoms with Crippen LogP contribution in [0.2, 0.25) is 0 Å². The normalized spacial score (nSPS) is 19.9. The zero-order chi connectivity index (χ0) is 16.4. The molecule has 1 N–H and O–H groups in total. The third-order valence-corrected chi connectivity index (χ3v) is 4.38. The molecule has 7 heteroatoms. The van der Waals surface area contributed by atoms with Crippen LogP contribution in [-0.2, 0) is 0 Å². The molecule has 1 saturated heterocycles. The summed E-state index contributed by atoms with van der Waals surface area (Å²) in [6, 6.07) is 2.45. The molecule has 23 heavy (non-hydrogen) atoms. The summed E-state index contributed by atoms with van der Waals surface area (Å²) in [5.41, 5.74) is 2.84. The van der Waals surface area contributed by atoms with Gasteiger partial charge in [0.1, 0.15) is 6.33 Å². The monoisotopic (exact) mass is 318 g/mol. The number of aliphatic hydroxyl groups excluding tert-OH is 1. The summed E-state index contributed by atoms with van der Waals surface area (Å²) in [5.74, 6) is 0.633. The standard InChI is InChI=1S/C16H26N6O/c1-12(2)9-20-5-6-21(10-14(20)4-7-23)15-8-13(3)19-22-11-17-18-16(15)22/h8,11-12,14,23H,4-7,9-10H2,1-3H3. The second kappa shape index (κ2) is 6.80. The number of aromatic nitrogens is 4. The molecule has 1 aliphatic heterocycles. The minimum absolute atomic E-state index is 0.225. The van der Waals surface area contributed by atoms with E-state index in [1.54, 1.807) is 10.8 Å². The number of aryl methyl sites for hydroxylation is 1. The van der Waals surface area contributed by atoms with Gasteiger partial charge >= 0.3 is 0 Å². The van der Waals surface area contributed by atoms with Gasteiger partial charge in [0, 0.05) is 38.8 Å². The Labute approximate surface area is 136 Å². The third-order valence-electron chi connectivity index (χ3n) is 4.38. The van der Waals surface area contributed by atoms with Gasteiger partial charge in [-0.15, -0.1) is 10.2 Å². The van der Waals surface area contributed by atoms with E-state index < -0.39 is 0 Å². The van der Waals surface area contributed by atoms with Gasteiger partial charge in [-0.2, -0.15) is 9.61 Å². The summed E-state index contributed by atoms with van der Waals surface area (Å²) in [4.78, 5) is 4.86. The Morgan fingerprint density at radius 3 is 2.91 bits per heavy atom. The quantitative estimate of drug-likeness (QED) is 0.885. The zero-order valence-corrected chi connectivity index (χ0v) is 14.2. The second-order valence-corrected chi connectivity index (χ2v) is 6.77. The molecular formula is C16H26N6O. The van der Waals surface area contributed by atoms with Crippen molar-refractivity contribution in [1.29, 1.82) is 0 Å². The Balaban J connectivity index is 1.84. The highest BCUT2D eigenvalue weighted by atomic mass is 16.3. The summed E-state index contributed by atoms with van der Waals surface area (Å²) in [7, 11) is 0. The molecule has 0 aliphatic carbocycles. The van der Waals surface area contributed by atoms with Crippen LogP contribution in [0.4, 0.5) is 5.69 Å². The van der Waals surface area contributed by atoms with E-state index >= 15 is 0 Å². The van der Waals surface area contributed by atoms with Crippen LogP contribution in [-0.4, -0.2) is 68.6 Å². The fourth-order valence-corrected chi connectivity index (χ4v) is 3.41. The Kier molecular flexibility index (Phi) is 4.77. The molecule has 1 fully saturated rings. The van der Waals surface area contributed by atoms with Crippen molar-refractivity contribution in [3.8, 4) is 0 Å². The van der Waals surface area contributed by atoms with Crippen molar-refractivity contribution in [2.75, 3.05) is 37.7 Å². The Morgan fingerprint density at radius 2 is 2.17 bits per heavy atom. The van der Waals surface area contributed by atoms with Crippen molar-refractivity contribution >= 4 is 11.3 Å². The van der Waals surface area contributed by atoms with Crippen molar-refractivity contribution in [1.82, 2.24) is 24.7 Å². The summed E-state index contributed by atoms with van der Waals surface area (Å²) in [5, 5.41) is 22.0. The van der Waals surface area contributed by atoms with Crippen molar-refractivity contribution in [3.63, 3.8) is 0 Å². The first kappa shape index (κ1) is 16.1. The average Bonchev–Trinajstić information content (AvgIpc) is 2.96. The number of aliphatic hydroxyl groups is 1. The van der Waals surface area contributed by atoms with Crippen LogP contribution in [0.5, 0.6) is 0 Å². The highest BCUT2D eigenvalue weighted by Gasteiger charge is 2.28. The molecule has 0 spiro atoms. The first-order valence-corrected chi connectivity index (χ1v) is 8.36. The molecule has 0 saturated carbocycles. The predicted octanol–water partition coefficient (Wildman–Crippen LogP) is 0.962. The molecular weight excluding hydrogens is 292 g/mol.